The van der Waals surface area contributed by atoms with Crippen molar-refractivity contribution in [2.45, 2.75) is 26.9 Å². The lowest BCUT2D eigenvalue weighted by Crippen LogP contribution is -2.24. The molecule has 0 aliphatic rings. The van der Waals surface area contributed by atoms with Crippen LogP contribution in [-0.2, 0) is 20.1 Å². The van der Waals surface area contributed by atoms with Crippen LogP contribution >= 0.6 is 31.9 Å². The quantitative estimate of drug-likeness (QED) is 0.605. The largest absolute Gasteiger partial charge is 0.346 e. The van der Waals surface area contributed by atoms with E-state index in [2.05, 4.69) is 47.4 Å². The third-order valence-corrected chi connectivity index (χ3v) is 6.08. The van der Waals surface area contributed by atoms with Gasteiger partial charge in [-0.3, -0.25) is 14.2 Å². The molecule has 0 bridgehead atoms. The Morgan fingerprint density at radius 2 is 1.88 bits per heavy atom. The first-order valence-electron chi connectivity index (χ1n) is 8.10. The Morgan fingerprint density at radius 3 is 2.42 bits per heavy atom. The van der Waals surface area contributed by atoms with E-state index < -0.39 is 0 Å². The van der Waals surface area contributed by atoms with E-state index in [0.29, 0.717) is 18.7 Å². The molecule has 26 heavy (non-hydrogen) atoms. The Kier molecular flexibility index (Phi) is 5.62. The summed E-state index contributed by atoms with van der Waals surface area (Å²) in [5.41, 5.74) is 4.70. The van der Waals surface area contributed by atoms with E-state index in [9.17, 15) is 4.79 Å². The predicted octanol–water partition coefficient (Wildman–Crippen LogP) is 3.74. The predicted molar refractivity (Wildman–Crippen MR) is 107 cm³/mol. The standard InChI is InChI=1S/C18H19Br2N5O/c1-11-17(20)12(2)25(23-11)10-13-4-6-14(7-5-13)18(26)21-9-16-15(19)8-22-24(16)3/h4-8H,9-10H2,1-3H3,(H,21,26). The second-order valence-corrected chi connectivity index (χ2v) is 7.73. The third-order valence-electron chi connectivity index (χ3n) is 4.27. The van der Waals surface area contributed by atoms with Crippen LogP contribution in [0.3, 0.4) is 0 Å². The molecule has 0 unspecified atom stereocenters. The summed E-state index contributed by atoms with van der Waals surface area (Å²) in [4.78, 5) is 12.4. The van der Waals surface area contributed by atoms with Crippen LogP contribution in [-0.4, -0.2) is 25.5 Å². The molecule has 0 saturated heterocycles. The number of hydrogen-bond donors (Lipinski definition) is 1. The zero-order valence-corrected chi connectivity index (χ0v) is 17.9. The van der Waals surface area contributed by atoms with Gasteiger partial charge in [0.2, 0.25) is 0 Å². The highest BCUT2D eigenvalue weighted by Gasteiger charge is 2.11. The van der Waals surface area contributed by atoms with Crippen LogP contribution in [0.1, 0.15) is 33.0 Å². The highest BCUT2D eigenvalue weighted by atomic mass is 79.9. The zero-order valence-electron chi connectivity index (χ0n) is 14.8. The minimum atomic E-state index is -0.112. The molecule has 136 valence electrons. The average Bonchev–Trinajstić information content (AvgIpc) is 3.07. The smallest absolute Gasteiger partial charge is 0.251 e. The molecule has 1 N–H and O–H groups in total. The van der Waals surface area contributed by atoms with Crippen LogP contribution in [0.4, 0.5) is 0 Å². The average molecular weight is 481 g/mol. The normalized spacial score (nSPS) is 11.0. The van der Waals surface area contributed by atoms with Gasteiger partial charge in [-0.25, -0.2) is 0 Å². The number of benzene rings is 1. The maximum atomic E-state index is 12.4. The van der Waals surface area contributed by atoms with Crippen LogP contribution in [0.25, 0.3) is 0 Å². The van der Waals surface area contributed by atoms with Crippen molar-refractivity contribution in [1.82, 2.24) is 24.9 Å². The van der Waals surface area contributed by atoms with Crippen LogP contribution in [0.15, 0.2) is 39.4 Å². The highest BCUT2D eigenvalue weighted by Crippen LogP contribution is 2.20. The van der Waals surface area contributed by atoms with Crippen molar-refractivity contribution in [3.63, 3.8) is 0 Å². The van der Waals surface area contributed by atoms with Crippen LogP contribution in [0.2, 0.25) is 0 Å². The van der Waals surface area contributed by atoms with E-state index >= 15 is 0 Å². The highest BCUT2D eigenvalue weighted by molar-refractivity contribution is 9.10. The number of aryl methyl sites for hydroxylation is 2. The Morgan fingerprint density at radius 1 is 1.19 bits per heavy atom. The molecule has 0 aliphatic heterocycles. The van der Waals surface area contributed by atoms with Gasteiger partial charge in [-0.2, -0.15) is 10.2 Å². The van der Waals surface area contributed by atoms with E-state index in [1.807, 2.05) is 49.8 Å². The van der Waals surface area contributed by atoms with Gasteiger partial charge in [-0.15, -0.1) is 0 Å². The Balaban J connectivity index is 1.65. The maximum absolute atomic E-state index is 12.4. The molecule has 0 saturated carbocycles. The van der Waals surface area contributed by atoms with E-state index in [4.69, 9.17) is 0 Å². The molecule has 0 radical (unpaired) electrons. The molecule has 0 aliphatic carbocycles. The van der Waals surface area contributed by atoms with Crippen LogP contribution in [0.5, 0.6) is 0 Å². The van der Waals surface area contributed by atoms with Crippen molar-refractivity contribution in [2.24, 2.45) is 7.05 Å². The topological polar surface area (TPSA) is 64.7 Å². The molecule has 2 heterocycles. The molecule has 3 aromatic rings. The second kappa shape index (κ2) is 7.75. The number of amides is 1. The summed E-state index contributed by atoms with van der Waals surface area (Å²) in [5, 5.41) is 11.6. The zero-order chi connectivity index (χ0) is 18.8. The number of rotatable bonds is 5. The first-order chi connectivity index (χ1) is 12.4. The lowest BCUT2D eigenvalue weighted by molar-refractivity contribution is 0.0950. The Labute approximate surface area is 168 Å². The summed E-state index contributed by atoms with van der Waals surface area (Å²) in [6.45, 7) is 5.09. The lowest BCUT2D eigenvalue weighted by Gasteiger charge is -2.08. The van der Waals surface area contributed by atoms with Gasteiger partial charge in [0.1, 0.15) is 0 Å². The number of nitrogens with one attached hydrogen (secondary N) is 1. The van der Waals surface area contributed by atoms with E-state index in [1.54, 1.807) is 10.9 Å². The van der Waals surface area contributed by atoms with Crippen molar-refractivity contribution in [3.8, 4) is 0 Å². The first-order valence-corrected chi connectivity index (χ1v) is 9.68. The van der Waals surface area contributed by atoms with E-state index in [1.165, 1.54) is 0 Å². The van der Waals surface area contributed by atoms with Crippen molar-refractivity contribution in [2.75, 3.05) is 0 Å². The number of hydrogen-bond acceptors (Lipinski definition) is 3. The van der Waals surface area contributed by atoms with Gasteiger partial charge in [-0.1, -0.05) is 12.1 Å². The molecule has 3 rings (SSSR count). The maximum Gasteiger partial charge on any atom is 0.251 e. The van der Waals surface area contributed by atoms with Crippen LogP contribution in [0, 0.1) is 13.8 Å². The van der Waals surface area contributed by atoms with Crippen LogP contribution < -0.4 is 5.32 Å². The summed E-state index contributed by atoms with van der Waals surface area (Å²) >= 11 is 6.97. The lowest BCUT2D eigenvalue weighted by atomic mass is 10.1. The molecule has 6 nitrogen and oxygen atoms in total. The van der Waals surface area contributed by atoms with Gasteiger partial charge in [-0.05, 0) is 63.4 Å². The summed E-state index contributed by atoms with van der Waals surface area (Å²) in [6, 6.07) is 7.59. The first kappa shape index (κ1) is 18.8. The fourth-order valence-electron chi connectivity index (χ4n) is 2.66. The van der Waals surface area contributed by atoms with Crippen molar-refractivity contribution < 1.29 is 4.79 Å². The molecule has 0 spiro atoms. The van der Waals surface area contributed by atoms with Crippen molar-refractivity contribution in [3.05, 3.63) is 67.6 Å². The molecule has 0 fully saturated rings. The van der Waals surface area contributed by atoms with Gasteiger partial charge in [0, 0.05) is 12.6 Å². The van der Waals surface area contributed by atoms with Crippen molar-refractivity contribution >= 4 is 37.8 Å². The minimum absolute atomic E-state index is 0.112. The number of carbonyl (C=O) groups is 1. The van der Waals surface area contributed by atoms with E-state index in [-0.39, 0.29) is 5.91 Å². The molecule has 2 aromatic heterocycles. The van der Waals surface area contributed by atoms with Gasteiger partial charge in [0.25, 0.3) is 5.91 Å². The van der Waals surface area contributed by atoms with Gasteiger partial charge in [0.05, 0.1) is 45.3 Å². The van der Waals surface area contributed by atoms with Gasteiger partial charge < -0.3 is 5.32 Å². The number of nitrogens with zero attached hydrogens (tertiary/aromatic N) is 4. The Hall–Kier alpha value is -1.93. The third kappa shape index (κ3) is 3.91. The summed E-state index contributed by atoms with van der Waals surface area (Å²) in [5.74, 6) is -0.112. The van der Waals surface area contributed by atoms with E-state index in [0.717, 1.165) is 31.6 Å². The molecule has 8 heteroatoms. The molecule has 1 amide bonds. The van der Waals surface area contributed by atoms with Gasteiger partial charge in [0.15, 0.2) is 0 Å². The number of carbonyl (C=O) groups excluding carboxylic acids is 1. The summed E-state index contributed by atoms with van der Waals surface area (Å²) < 4.78 is 5.61. The molecule has 1 aromatic carbocycles. The second-order valence-electron chi connectivity index (χ2n) is 6.08. The molecular weight excluding hydrogens is 462 g/mol. The number of halogens is 2. The summed E-state index contributed by atoms with van der Waals surface area (Å²) in [7, 11) is 1.85. The molecular formula is C18H19Br2N5O. The van der Waals surface area contributed by atoms with Gasteiger partial charge >= 0.3 is 0 Å². The monoisotopic (exact) mass is 479 g/mol. The van der Waals surface area contributed by atoms with Crippen molar-refractivity contribution in [1.29, 1.82) is 0 Å². The minimum Gasteiger partial charge on any atom is -0.346 e. The number of aromatic nitrogens is 4. The molecule has 0 atom stereocenters. The SMILES string of the molecule is Cc1nn(Cc2ccc(C(=O)NCc3c(Br)cnn3C)cc2)c(C)c1Br. The fourth-order valence-corrected chi connectivity index (χ4v) is 3.44. The summed E-state index contributed by atoms with van der Waals surface area (Å²) in [6.07, 6.45) is 1.72. The Bertz CT molecular complexity index is 924. The fraction of sp³-hybridized carbons (Fsp3) is 0.278.